The third-order valence-electron chi connectivity index (χ3n) is 5.09. The Bertz CT molecular complexity index is 786. The normalized spacial score (nSPS) is 14.5. The van der Waals surface area contributed by atoms with Gasteiger partial charge in [0.2, 0.25) is 5.91 Å². The number of amides is 1. The van der Waals surface area contributed by atoms with Gasteiger partial charge < -0.3 is 15.8 Å². The zero-order valence-electron chi connectivity index (χ0n) is 15.7. The maximum atomic E-state index is 11.2. The number of aryl methyl sites for hydroxylation is 1. The van der Waals surface area contributed by atoms with Crippen LogP contribution in [0.3, 0.4) is 0 Å². The number of nitrogens with one attached hydrogen (secondary N) is 1. The van der Waals surface area contributed by atoms with Crippen LogP contribution in [0.2, 0.25) is 0 Å². The summed E-state index contributed by atoms with van der Waals surface area (Å²) in [4.78, 5) is 11.2. The second-order valence-electron chi connectivity index (χ2n) is 7.17. The third-order valence-corrected chi connectivity index (χ3v) is 5.09. The number of nitrogens with two attached hydrogens (primary N) is 1. The number of carbonyl (C=O) groups excluding carboxylic acids is 1. The molecule has 0 bridgehead atoms. The van der Waals surface area contributed by atoms with E-state index in [1.54, 1.807) is 6.92 Å². The monoisotopic (exact) mass is 352 g/mol. The molecule has 2 aromatic rings. The summed E-state index contributed by atoms with van der Waals surface area (Å²) in [5, 5.41) is 3.22. The first-order valence-corrected chi connectivity index (χ1v) is 9.39. The van der Waals surface area contributed by atoms with Crippen molar-refractivity contribution in [3.63, 3.8) is 0 Å². The van der Waals surface area contributed by atoms with Gasteiger partial charge in [-0.1, -0.05) is 35.9 Å². The fourth-order valence-electron chi connectivity index (χ4n) is 3.54. The summed E-state index contributed by atoms with van der Waals surface area (Å²) in [6.45, 7) is 5.14. The van der Waals surface area contributed by atoms with Crippen LogP contribution in [0.4, 0.5) is 0 Å². The van der Waals surface area contributed by atoms with E-state index < -0.39 is 0 Å². The average Bonchev–Trinajstić information content (AvgIpc) is 2.64. The Morgan fingerprint density at radius 1 is 1.19 bits per heavy atom. The molecule has 0 saturated carbocycles. The zero-order chi connectivity index (χ0) is 18.5. The molecule has 0 fully saturated rings. The van der Waals surface area contributed by atoms with Crippen molar-refractivity contribution >= 4 is 5.91 Å². The van der Waals surface area contributed by atoms with Gasteiger partial charge in [-0.2, -0.15) is 0 Å². The molecule has 1 amide bonds. The summed E-state index contributed by atoms with van der Waals surface area (Å²) in [5.41, 5.74) is 11.7. The fourth-order valence-corrected chi connectivity index (χ4v) is 3.54. The molecule has 0 radical (unpaired) electrons. The SMILES string of the molecule is Cc1cccc(COc2ccc(CN[C@@H](C)C(N)=O)c3c2CCCC3)c1. The van der Waals surface area contributed by atoms with Crippen LogP contribution in [-0.4, -0.2) is 11.9 Å². The van der Waals surface area contributed by atoms with Gasteiger partial charge in [0, 0.05) is 6.54 Å². The molecule has 4 nitrogen and oxygen atoms in total. The van der Waals surface area contributed by atoms with Crippen LogP contribution < -0.4 is 15.8 Å². The first-order chi connectivity index (χ1) is 12.5. The smallest absolute Gasteiger partial charge is 0.234 e. The molecule has 0 saturated heterocycles. The Kier molecular flexibility index (Phi) is 5.94. The lowest BCUT2D eigenvalue weighted by atomic mass is 9.87. The van der Waals surface area contributed by atoms with Crippen LogP contribution in [0.1, 0.15) is 47.6 Å². The molecule has 1 atom stereocenters. The van der Waals surface area contributed by atoms with Crippen molar-refractivity contribution < 1.29 is 9.53 Å². The van der Waals surface area contributed by atoms with Crippen LogP contribution in [0, 0.1) is 6.92 Å². The highest BCUT2D eigenvalue weighted by atomic mass is 16.5. The van der Waals surface area contributed by atoms with Crippen LogP contribution in [0.25, 0.3) is 0 Å². The molecule has 4 heteroatoms. The number of hydrogen-bond donors (Lipinski definition) is 2. The number of rotatable bonds is 7. The van der Waals surface area contributed by atoms with E-state index in [1.807, 2.05) is 0 Å². The highest BCUT2D eigenvalue weighted by Gasteiger charge is 2.19. The zero-order valence-corrected chi connectivity index (χ0v) is 15.7. The molecule has 0 unspecified atom stereocenters. The molecule has 0 heterocycles. The largest absolute Gasteiger partial charge is 0.489 e. The van der Waals surface area contributed by atoms with E-state index in [9.17, 15) is 4.79 Å². The van der Waals surface area contributed by atoms with E-state index in [4.69, 9.17) is 10.5 Å². The lowest BCUT2D eigenvalue weighted by molar-refractivity contribution is -0.119. The quantitative estimate of drug-likeness (QED) is 0.802. The van der Waals surface area contributed by atoms with E-state index >= 15 is 0 Å². The summed E-state index contributed by atoms with van der Waals surface area (Å²) in [6, 6.07) is 12.3. The summed E-state index contributed by atoms with van der Waals surface area (Å²) in [6.07, 6.45) is 4.52. The number of ether oxygens (including phenoxy) is 1. The van der Waals surface area contributed by atoms with Crippen molar-refractivity contribution in [2.24, 2.45) is 5.73 Å². The second-order valence-corrected chi connectivity index (χ2v) is 7.17. The third kappa shape index (κ3) is 4.44. The summed E-state index contributed by atoms with van der Waals surface area (Å²) in [5.74, 6) is 0.671. The molecule has 138 valence electrons. The summed E-state index contributed by atoms with van der Waals surface area (Å²) >= 11 is 0. The molecule has 0 spiro atoms. The average molecular weight is 352 g/mol. The van der Waals surface area contributed by atoms with Gasteiger partial charge in [0.25, 0.3) is 0 Å². The number of benzene rings is 2. The van der Waals surface area contributed by atoms with Crippen LogP contribution >= 0.6 is 0 Å². The van der Waals surface area contributed by atoms with E-state index in [1.165, 1.54) is 40.7 Å². The number of primary amides is 1. The van der Waals surface area contributed by atoms with E-state index in [0.717, 1.165) is 18.6 Å². The fraction of sp³-hybridized carbons (Fsp3) is 0.409. The predicted molar refractivity (Wildman–Crippen MR) is 104 cm³/mol. The van der Waals surface area contributed by atoms with Crippen molar-refractivity contribution in [3.05, 3.63) is 64.2 Å². The summed E-state index contributed by atoms with van der Waals surface area (Å²) < 4.78 is 6.17. The standard InChI is InChI=1S/C22H28N2O2/c1-15-6-5-7-17(12-15)14-26-21-11-10-18(13-24-16(2)22(23)25)19-8-3-4-9-20(19)21/h5-7,10-12,16,24H,3-4,8-9,13-14H2,1-2H3,(H2,23,25)/t16-/m0/s1. The number of fused-ring (bicyclic) bond motifs is 1. The number of carbonyl (C=O) groups is 1. The second kappa shape index (κ2) is 8.37. The molecule has 0 aliphatic heterocycles. The van der Waals surface area contributed by atoms with Gasteiger partial charge in [-0.3, -0.25) is 4.79 Å². The Labute approximate surface area is 155 Å². The minimum absolute atomic E-state index is 0.322. The molecule has 0 aromatic heterocycles. The van der Waals surface area contributed by atoms with Crippen molar-refractivity contribution in [1.82, 2.24) is 5.32 Å². The molecule has 2 aromatic carbocycles. The highest BCUT2D eigenvalue weighted by molar-refractivity contribution is 5.79. The minimum atomic E-state index is -0.327. The van der Waals surface area contributed by atoms with Crippen molar-refractivity contribution in [2.75, 3.05) is 0 Å². The maximum absolute atomic E-state index is 11.2. The van der Waals surface area contributed by atoms with Gasteiger partial charge in [0.15, 0.2) is 0 Å². The molecule has 3 rings (SSSR count). The van der Waals surface area contributed by atoms with Gasteiger partial charge in [0.05, 0.1) is 6.04 Å². The Hall–Kier alpha value is -2.33. The number of hydrogen-bond acceptors (Lipinski definition) is 3. The maximum Gasteiger partial charge on any atom is 0.234 e. The predicted octanol–water partition coefficient (Wildman–Crippen LogP) is 3.42. The van der Waals surface area contributed by atoms with Crippen LogP contribution in [-0.2, 0) is 30.8 Å². The van der Waals surface area contributed by atoms with E-state index in [-0.39, 0.29) is 11.9 Å². The molecular formula is C22H28N2O2. The van der Waals surface area contributed by atoms with Crippen LogP contribution in [0.15, 0.2) is 36.4 Å². The summed E-state index contributed by atoms with van der Waals surface area (Å²) in [7, 11) is 0. The lowest BCUT2D eigenvalue weighted by Crippen LogP contribution is -2.38. The van der Waals surface area contributed by atoms with E-state index in [0.29, 0.717) is 13.2 Å². The first kappa shape index (κ1) is 18.5. The Morgan fingerprint density at radius 2 is 1.96 bits per heavy atom. The van der Waals surface area contributed by atoms with Crippen molar-refractivity contribution in [2.45, 2.75) is 58.7 Å². The molecular weight excluding hydrogens is 324 g/mol. The minimum Gasteiger partial charge on any atom is -0.489 e. The first-order valence-electron chi connectivity index (χ1n) is 9.39. The van der Waals surface area contributed by atoms with Gasteiger partial charge in [0.1, 0.15) is 12.4 Å². The van der Waals surface area contributed by atoms with Gasteiger partial charge in [-0.05, 0) is 67.9 Å². The molecule has 1 aliphatic rings. The van der Waals surface area contributed by atoms with Crippen molar-refractivity contribution in [1.29, 1.82) is 0 Å². The van der Waals surface area contributed by atoms with Gasteiger partial charge >= 0.3 is 0 Å². The van der Waals surface area contributed by atoms with Gasteiger partial charge in [-0.25, -0.2) is 0 Å². The van der Waals surface area contributed by atoms with Crippen molar-refractivity contribution in [3.8, 4) is 5.75 Å². The lowest BCUT2D eigenvalue weighted by Gasteiger charge is -2.23. The molecule has 1 aliphatic carbocycles. The highest BCUT2D eigenvalue weighted by Crippen LogP contribution is 2.33. The Balaban J connectivity index is 1.76. The Morgan fingerprint density at radius 3 is 2.69 bits per heavy atom. The van der Waals surface area contributed by atoms with Gasteiger partial charge in [-0.15, -0.1) is 0 Å². The molecule has 3 N–H and O–H groups in total. The van der Waals surface area contributed by atoms with Crippen LogP contribution in [0.5, 0.6) is 5.75 Å². The van der Waals surface area contributed by atoms with E-state index in [2.05, 4.69) is 48.6 Å². The topological polar surface area (TPSA) is 64.3 Å². The molecule has 26 heavy (non-hydrogen) atoms.